The van der Waals surface area contributed by atoms with E-state index in [9.17, 15) is 9.59 Å². The molecule has 5 nitrogen and oxygen atoms in total. The molecular weight excluding hydrogens is 412 g/mol. The van der Waals surface area contributed by atoms with Gasteiger partial charge in [0.15, 0.2) is 0 Å². The van der Waals surface area contributed by atoms with E-state index in [4.69, 9.17) is 4.74 Å². The Morgan fingerprint density at radius 2 is 1.85 bits per heavy atom. The van der Waals surface area contributed by atoms with E-state index in [1.54, 1.807) is 0 Å². The summed E-state index contributed by atoms with van der Waals surface area (Å²) in [5, 5.41) is 0. The second kappa shape index (κ2) is 11.9. The van der Waals surface area contributed by atoms with E-state index < -0.39 is 0 Å². The Bertz CT molecular complexity index is 940. The van der Waals surface area contributed by atoms with Gasteiger partial charge in [0.25, 0.3) is 5.91 Å². The molecule has 1 heterocycles. The first-order valence-corrected chi connectivity index (χ1v) is 12.2. The van der Waals surface area contributed by atoms with Gasteiger partial charge in [0.1, 0.15) is 12.4 Å². The summed E-state index contributed by atoms with van der Waals surface area (Å²) in [5.41, 5.74) is 2.81. The highest BCUT2D eigenvalue weighted by molar-refractivity contribution is 5.97. The minimum absolute atomic E-state index is 0.0152. The molecule has 0 N–H and O–H groups in total. The molecule has 0 spiro atoms. The number of ether oxygens (including phenoxy) is 1. The first-order chi connectivity index (χ1) is 15.9. The third kappa shape index (κ3) is 6.83. The number of aryl methyl sites for hydroxylation is 1. The fourth-order valence-corrected chi connectivity index (χ4v) is 4.55. The predicted molar refractivity (Wildman–Crippen MR) is 133 cm³/mol. The molecule has 33 heavy (non-hydrogen) atoms. The Labute approximate surface area is 198 Å². The Balaban J connectivity index is 1.88. The first kappa shape index (κ1) is 24.8. The Morgan fingerprint density at radius 1 is 1.09 bits per heavy atom. The number of carbonyl (C=O) groups excluding carboxylic acids is 2. The van der Waals surface area contributed by atoms with Crippen molar-refractivity contribution >= 4 is 11.8 Å². The van der Waals surface area contributed by atoms with E-state index in [0.717, 1.165) is 30.4 Å². The molecule has 1 aliphatic rings. The molecule has 2 aromatic carbocycles. The minimum Gasteiger partial charge on any atom is -0.491 e. The minimum atomic E-state index is -0.0350. The average molecular weight is 451 g/mol. The zero-order valence-electron chi connectivity index (χ0n) is 20.5. The van der Waals surface area contributed by atoms with Crippen LogP contribution in [0.4, 0.5) is 0 Å². The van der Waals surface area contributed by atoms with E-state index in [-0.39, 0.29) is 17.9 Å². The largest absolute Gasteiger partial charge is 0.491 e. The van der Waals surface area contributed by atoms with Gasteiger partial charge in [-0.15, -0.1) is 0 Å². The van der Waals surface area contributed by atoms with Crippen LogP contribution in [0.1, 0.15) is 61.5 Å². The third-order valence-corrected chi connectivity index (χ3v) is 6.24. The highest BCUT2D eigenvalue weighted by Gasteiger charge is 2.27. The number of amides is 2. The number of para-hydroxylation sites is 1. The van der Waals surface area contributed by atoms with Crippen molar-refractivity contribution in [3.63, 3.8) is 0 Å². The second-order valence-electron chi connectivity index (χ2n) is 9.44. The van der Waals surface area contributed by atoms with E-state index in [0.29, 0.717) is 49.9 Å². The first-order valence-electron chi connectivity index (χ1n) is 12.2. The van der Waals surface area contributed by atoms with Crippen molar-refractivity contribution < 1.29 is 14.3 Å². The van der Waals surface area contributed by atoms with Gasteiger partial charge < -0.3 is 14.5 Å². The summed E-state index contributed by atoms with van der Waals surface area (Å²) >= 11 is 0. The van der Waals surface area contributed by atoms with Crippen molar-refractivity contribution in [3.05, 3.63) is 65.2 Å². The van der Waals surface area contributed by atoms with Gasteiger partial charge in [-0.3, -0.25) is 9.59 Å². The van der Waals surface area contributed by atoms with E-state index in [1.807, 2.05) is 53.1 Å². The summed E-state index contributed by atoms with van der Waals surface area (Å²) in [6.07, 6.45) is 2.98. The molecular formula is C28H38N2O3. The monoisotopic (exact) mass is 450 g/mol. The Morgan fingerprint density at radius 3 is 2.58 bits per heavy atom. The van der Waals surface area contributed by atoms with Crippen LogP contribution in [0.5, 0.6) is 5.75 Å². The highest BCUT2D eigenvalue weighted by atomic mass is 16.5. The van der Waals surface area contributed by atoms with Gasteiger partial charge in [0.05, 0.1) is 18.0 Å². The van der Waals surface area contributed by atoms with Crippen LogP contribution in [0.2, 0.25) is 0 Å². The molecule has 2 aromatic rings. The van der Waals surface area contributed by atoms with Gasteiger partial charge in [-0.1, -0.05) is 55.8 Å². The lowest BCUT2D eigenvalue weighted by molar-refractivity contribution is -0.134. The second-order valence-corrected chi connectivity index (χ2v) is 9.44. The summed E-state index contributed by atoms with van der Waals surface area (Å²) in [6.45, 7) is 10.8. The number of nitrogens with zero attached hydrogens (tertiary/aromatic N) is 2. The van der Waals surface area contributed by atoms with Gasteiger partial charge in [0, 0.05) is 19.6 Å². The van der Waals surface area contributed by atoms with E-state index >= 15 is 0 Å². The third-order valence-electron chi connectivity index (χ3n) is 6.24. The summed E-state index contributed by atoms with van der Waals surface area (Å²) in [6, 6.07) is 15.6. The lowest BCUT2D eigenvalue weighted by Crippen LogP contribution is -2.46. The summed E-state index contributed by atoms with van der Waals surface area (Å²) in [5.74, 6) is 1.18. The maximum Gasteiger partial charge on any atom is 0.257 e. The number of carbonyl (C=O) groups is 2. The Kier molecular flexibility index (Phi) is 8.93. The fraction of sp³-hybridized carbons (Fsp3) is 0.500. The maximum atomic E-state index is 13.5. The topological polar surface area (TPSA) is 49.9 Å². The fourth-order valence-electron chi connectivity index (χ4n) is 4.55. The van der Waals surface area contributed by atoms with Gasteiger partial charge in [0.2, 0.25) is 5.91 Å². The van der Waals surface area contributed by atoms with Crippen molar-refractivity contribution in [2.45, 2.75) is 59.4 Å². The quantitative estimate of drug-likeness (QED) is 0.636. The van der Waals surface area contributed by atoms with Gasteiger partial charge in [-0.25, -0.2) is 0 Å². The van der Waals surface area contributed by atoms with Crippen molar-refractivity contribution in [2.24, 2.45) is 5.92 Å². The lowest BCUT2D eigenvalue weighted by Gasteiger charge is -2.34. The number of hydrogen-bond acceptors (Lipinski definition) is 3. The van der Waals surface area contributed by atoms with Gasteiger partial charge >= 0.3 is 0 Å². The van der Waals surface area contributed by atoms with Crippen LogP contribution in [0.25, 0.3) is 0 Å². The normalized spacial score (nSPS) is 17.7. The zero-order valence-corrected chi connectivity index (χ0v) is 20.5. The molecule has 0 saturated carbocycles. The number of fused-ring (bicyclic) bond motifs is 1. The SMILES string of the molecule is CCN1CCCCN(C(=O)Cc2cccc(C)c2)[C@@H](CC(C)C)COc2ccccc2C1=O. The summed E-state index contributed by atoms with van der Waals surface area (Å²) in [7, 11) is 0. The van der Waals surface area contributed by atoms with Crippen molar-refractivity contribution in [1.82, 2.24) is 9.80 Å². The molecule has 1 aliphatic heterocycles. The highest BCUT2D eigenvalue weighted by Crippen LogP contribution is 2.24. The average Bonchev–Trinajstić information content (AvgIpc) is 2.78. The zero-order chi connectivity index (χ0) is 23.8. The van der Waals surface area contributed by atoms with E-state index in [1.165, 1.54) is 0 Å². The lowest BCUT2D eigenvalue weighted by atomic mass is 10.0. The molecule has 0 aliphatic carbocycles. The van der Waals surface area contributed by atoms with Crippen LogP contribution in [-0.4, -0.2) is 53.9 Å². The maximum absolute atomic E-state index is 13.5. The van der Waals surface area contributed by atoms with Crippen LogP contribution in [0.15, 0.2) is 48.5 Å². The predicted octanol–water partition coefficient (Wildman–Crippen LogP) is 5.12. The number of benzene rings is 2. The molecule has 0 unspecified atom stereocenters. The van der Waals surface area contributed by atoms with E-state index in [2.05, 4.69) is 32.9 Å². The molecule has 1 atom stereocenters. The molecule has 0 saturated heterocycles. The van der Waals surface area contributed by atoms with Crippen LogP contribution in [0, 0.1) is 12.8 Å². The van der Waals surface area contributed by atoms with Crippen molar-refractivity contribution in [2.75, 3.05) is 26.2 Å². The molecule has 2 amide bonds. The van der Waals surface area contributed by atoms with Crippen LogP contribution < -0.4 is 4.74 Å². The molecule has 178 valence electrons. The van der Waals surface area contributed by atoms with Crippen molar-refractivity contribution in [3.8, 4) is 5.75 Å². The molecule has 0 aromatic heterocycles. The summed E-state index contributed by atoms with van der Waals surface area (Å²) in [4.78, 5) is 30.5. The van der Waals surface area contributed by atoms with Gasteiger partial charge in [-0.2, -0.15) is 0 Å². The molecule has 0 radical (unpaired) electrons. The number of hydrogen-bond donors (Lipinski definition) is 0. The van der Waals surface area contributed by atoms with Crippen LogP contribution in [-0.2, 0) is 11.2 Å². The number of rotatable bonds is 5. The standard InChI is InChI=1S/C28H38N2O3/c1-5-29-15-8-9-16-30(27(31)19-23-12-10-11-22(4)18-23)24(17-21(2)3)20-33-26-14-7-6-13-25(26)28(29)32/h6-7,10-14,18,21,24H,5,8-9,15-17,19-20H2,1-4H3/t24-/m0/s1. The van der Waals surface area contributed by atoms with Crippen LogP contribution >= 0.6 is 0 Å². The Hall–Kier alpha value is -2.82. The molecule has 3 rings (SSSR count). The van der Waals surface area contributed by atoms with Crippen molar-refractivity contribution in [1.29, 1.82) is 0 Å². The smallest absolute Gasteiger partial charge is 0.257 e. The summed E-state index contributed by atoms with van der Waals surface area (Å²) < 4.78 is 6.25. The molecule has 0 fully saturated rings. The molecule has 0 bridgehead atoms. The molecule has 5 heteroatoms. The van der Waals surface area contributed by atoms with Crippen LogP contribution in [0.3, 0.4) is 0 Å². The van der Waals surface area contributed by atoms with Gasteiger partial charge in [-0.05, 0) is 56.7 Å².